The van der Waals surface area contributed by atoms with Gasteiger partial charge in [0.05, 0.1) is 14.2 Å². The fraction of sp³-hybridized carbons (Fsp3) is 0.571. The highest BCUT2D eigenvalue weighted by Crippen LogP contribution is 2.36. The molecule has 0 aliphatic carbocycles. The Balaban J connectivity index is 2.42. The van der Waals surface area contributed by atoms with Crippen LogP contribution in [0, 0.1) is 0 Å². The second kappa shape index (κ2) is 5.59. The summed E-state index contributed by atoms with van der Waals surface area (Å²) in [7, 11) is 3.34. The molecule has 0 bridgehead atoms. The quantitative estimate of drug-likeness (QED) is 0.852. The van der Waals surface area contributed by atoms with Gasteiger partial charge in [-0.05, 0) is 49.6 Å². The van der Waals surface area contributed by atoms with E-state index in [9.17, 15) is 0 Å². The molecule has 1 heterocycles. The monoisotopic (exact) mass is 250 g/mol. The summed E-state index contributed by atoms with van der Waals surface area (Å²) in [5.41, 5.74) is 8.31. The van der Waals surface area contributed by atoms with Crippen LogP contribution in [-0.4, -0.2) is 26.8 Å². The molecule has 1 aliphatic heterocycles. The van der Waals surface area contributed by atoms with Crippen LogP contribution in [0.4, 0.5) is 0 Å². The average molecular weight is 250 g/mol. The lowest BCUT2D eigenvalue weighted by Gasteiger charge is -2.32. The Morgan fingerprint density at radius 3 is 2.56 bits per heavy atom. The molecule has 0 saturated heterocycles. The highest BCUT2D eigenvalue weighted by molar-refractivity contribution is 5.49. The first-order valence-corrected chi connectivity index (χ1v) is 6.40. The predicted octanol–water partition coefficient (Wildman–Crippen LogP) is 1.63. The molecule has 1 aliphatic rings. The van der Waals surface area contributed by atoms with E-state index in [2.05, 4.69) is 24.4 Å². The van der Waals surface area contributed by atoms with Gasteiger partial charge in [0, 0.05) is 12.1 Å². The highest BCUT2D eigenvalue weighted by Gasteiger charge is 2.25. The first-order chi connectivity index (χ1) is 8.69. The minimum absolute atomic E-state index is 0.313. The Hall–Kier alpha value is -1.26. The topological polar surface area (TPSA) is 56.5 Å². The Bertz CT molecular complexity index is 421. The second-order valence-electron chi connectivity index (χ2n) is 4.81. The van der Waals surface area contributed by atoms with E-state index in [1.807, 2.05) is 0 Å². The zero-order chi connectivity index (χ0) is 13.1. The molecule has 1 aromatic rings. The van der Waals surface area contributed by atoms with Crippen LogP contribution in [0.2, 0.25) is 0 Å². The summed E-state index contributed by atoms with van der Waals surface area (Å²) in [4.78, 5) is 0. The van der Waals surface area contributed by atoms with Crippen molar-refractivity contribution in [2.75, 3.05) is 20.8 Å². The molecule has 0 spiro atoms. The molecule has 4 nitrogen and oxygen atoms in total. The van der Waals surface area contributed by atoms with Crippen LogP contribution in [0.3, 0.4) is 0 Å². The van der Waals surface area contributed by atoms with Gasteiger partial charge in [0.25, 0.3) is 0 Å². The minimum Gasteiger partial charge on any atom is -0.493 e. The van der Waals surface area contributed by atoms with E-state index in [4.69, 9.17) is 15.2 Å². The van der Waals surface area contributed by atoms with Crippen molar-refractivity contribution < 1.29 is 9.47 Å². The molecule has 0 aromatic heterocycles. The first-order valence-electron chi connectivity index (χ1n) is 6.40. The van der Waals surface area contributed by atoms with Crippen LogP contribution in [0.25, 0.3) is 0 Å². The molecule has 3 N–H and O–H groups in total. The van der Waals surface area contributed by atoms with Crippen molar-refractivity contribution in [1.82, 2.24) is 5.32 Å². The number of methoxy groups -OCH3 is 2. The molecule has 0 unspecified atom stereocenters. The van der Waals surface area contributed by atoms with Crippen molar-refractivity contribution in [3.05, 3.63) is 23.3 Å². The van der Waals surface area contributed by atoms with E-state index in [1.165, 1.54) is 11.1 Å². The van der Waals surface area contributed by atoms with Crippen molar-refractivity contribution in [1.29, 1.82) is 0 Å². The summed E-state index contributed by atoms with van der Waals surface area (Å²) in [5.74, 6) is 1.59. The zero-order valence-electron chi connectivity index (χ0n) is 11.3. The normalized spacial score (nSPS) is 22.4. The lowest BCUT2D eigenvalue weighted by Crippen LogP contribution is -2.38. The molecule has 2 atom stereocenters. The third kappa shape index (κ3) is 2.44. The van der Waals surface area contributed by atoms with Crippen molar-refractivity contribution >= 4 is 0 Å². The fourth-order valence-corrected chi connectivity index (χ4v) is 2.67. The number of nitrogens with one attached hydrogen (secondary N) is 1. The summed E-state index contributed by atoms with van der Waals surface area (Å²) < 4.78 is 10.7. The fourth-order valence-electron chi connectivity index (χ4n) is 2.67. The van der Waals surface area contributed by atoms with Gasteiger partial charge < -0.3 is 20.5 Å². The van der Waals surface area contributed by atoms with Crippen molar-refractivity contribution in [2.24, 2.45) is 5.73 Å². The number of fused-ring (bicyclic) bond motifs is 1. The molecule has 2 rings (SSSR count). The molecule has 1 aromatic carbocycles. The smallest absolute Gasteiger partial charge is 0.161 e. The SMILES string of the molecule is COc1cc2c(cc1OC)[C@@H](CCN)N[C@H](C)C2. The van der Waals surface area contributed by atoms with Crippen LogP contribution in [0.5, 0.6) is 11.5 Å². The maximum atomic E-state index is 5.69. The third-order valence-electron chi connectivity index (χ3n) is 3.49. The highest BCUT2D eigenvalue weighted by atomic mass is 16.5. The molecule has 100 valence electrons. The van der Waals surface area contributed by atoms with Gasteiger partial charge in [0.15, 0.2) is 11.5 Å². The molecule has 0 amide bonds. The molecule has 18 heavy (non-hydrogen) atoms. The lowest BCUT2D eigenvalue weighted by molar-refractivity contribution is 0.348. The number of nitrogens with two attached hydrogens (primary N) is 1. The summed E-state index contributed by atoms with van der Waals surface area (Å²) in [5, 5.41) is 3.59. The molecule has 0 fully saturated rings. The van der Waals surface area contributed by atoms with Gasteiger partial charge in [0.1, 0.15) is 0 Å². The molecular weight excluding hydrogens is 228 g/mol. The molecule has 4 heteroatoms. The Labute approximate surface area is 108 Å². The molecule has 0 saturated carbocycles. The predicted molar refractivity (Wildman–Crippen MR) is 72.3 cm³/mol. The Kier molecular flexibility index (Phi) is 4.09. The van der Waals surface area contributed by atoms with Crippen molar-refractivity contribution in [2.45, 2.75) is 31.8 Å². The molecular formula is C14H22N2O2. The first kappa shape index (κ1) is 13.2. The van der Waals surface area contributed by atoms with E-state index in [-0.39, 0.29) is 0 Å². The number of rotatable bonds is 4. The van der Waals surface area contributed by atoms with Gasteiger partial charge in [-0.1, -0.05) is 0 Å². The van der Waals surface area contributed by atoms with Gasteiger partial charge >= 0.3 is 0 Å². The number of hydrogen-bond donors (Lipinski definition) is 2. The largest absolute Gasteiger partial charge is 0.493 e. The van der Waals surface area contributed by atoms with E-state index in [0.717, 1.165) is 24.3 Å². The minimum atomic E-state index is 0.313. The Morgan fingerprint density at radius 1 is 1.28 bits per heavy atom. The van der Waals surface area contributed by atoms with Gasteiger partial charge in [0.2, 0.25) is 0 Å². The van der Waals surface area contributed by atoms with E-state index < -0.39 is 0 Å². The summed E-state index contributed by atoms with van der Waals surface area (Å²) in [6.45, 7) is 2.88. The average Bonchev–Trinajstić information content (AvgIpc) is 2.37. The van der Waals surface area contributed by atoms with Crippen LogP contribution < -0.4 is 20.5 Å². The lowest BCUT2D eigenvalue weighted by atomic mass is 9.88. The second-order valence-corrected chi connectivity index (χ2v) is 4.81. The van der Waals surface area contributed by atoms with Gasteiger partial charge in [-0.3, -0.25) is 0 Å². The van der Waals surface area contributed by atoms with Crippen molar-refractivity contribution in [3.63, 3.8) is 0 Å². The number of hydrogen-bond acceptors (Lipinski definition) is 4. The molecule has 0 radical (unpaired) electrons. The Morgan fingerprint density at radius 2 is 1.94 bits per heavy atom. The van der Waals surface area contributed by atoms with Crippen LogP contribution in [0.15, 0.2) is 12.1 Å². The number of benzene rings is 1. The summed E-state index contributed by atoms with van der Waals surface area (Å²) in [6, 6.07) is 4.95. The summed E-state index contributed by atoms with van der Waals surface area (Å²) >= 11 is 0. The maximum Gasteiger partial charge on any atom is 0.161 e. The van der Waals surface area contributed by atoms with E-state index in [1.54, 1.807) is 14.2 Å². The summed E-state index contributed by atoms with van der Waals surface area (Å²) in [6.07, 6.45) is 1.95. The van der Waals surface area contributed by atoms with Crippen molar-refractivity contribution in [3.8, 4) is 11.5 Å². The number of ether oxygens (including phenoxy) is 2. The van der Waals surface area contributed by atoms with E-state index in [0.29, 0.717) is 18.6 Å². The van der Waals surface area contributed by atoms with Crippen LogP contribution in [-0.2, 0) is 6.42 Å². The zero-order valence-corrected chi connectivity index (χ0v) is 11.3. The van der Waals surface area contributed by atoms with Crippen LogP contribution in [0.1, 0.15) is 30.5 Å². The standard InChI is InChI=1S/C14H22N2O2/c1-9-6-10-7-13(17-2)14(18-3)8-11(10)12(16-9)4-5-15/h7-9,12,16H,4-6,15H2,1-3H3/t9-,12-/m1/s1. The van der Waals surface area contributed by atoms with Gasteiger partial charge in [-0.15, -0.1) is 0 Å². The van der Waals surface area contributed by atoms with E-state index >= 15 is 0 Å². The van der Waals surface area contributed by atoms with Gasteiger partial charge in [-0.25, -0.2) is 0 Å². The van der Waals surface area contributed by atoms with Gasteiger partial charge in [-0.2, -0.15) is 0 Å². The maximum absolute atomic E-state index is 5.69. The third-order valence-corrected chi connectivity index (χ3v) is 3.49. The van der Waals surface area contributed by atoms with Crippen LogP contribution >= 0.6 is 0 Å².